The van der Waals surface area contributed by atoms with Crippen molar-refractivity contribution in [2.75, 3.05) is 46.4 Å². The van der Waals surface area contributed by atoms with Gasteiger partial charge in [0.15, 0.2) is 0 Å². The highest BCUT2D eigenvalue weighted by Crippen LogP contribution is 2.27. The average molecular weight is 421 g/mol. The Labute approximate surface area is 185 Å². The van der Waals surface area contributed by atoms with Gasteiger partial charge in [-0.3, -0.25) is 9.58 Å². The van der Waals surface area contributed by atoms with E-state index in [1.165, 1.54) is 5.56 Å². The summed E-state index contributed by atoms with van der Waals surface area (Å²) in [4.78, 5) is 4.87. The quantitative estimate of drug-likeness (QED) is 0.523. The van der Waals surface area contributed by atoms with Gasteiger partial charge in [0.2, 0.25) is 0 Å². The molecule has 0 atom stereocenters. The lowest BCUT2D eigenvalue weighted by molar-refractivity contribution is 0.0363. The fourth-order valence-corrected chi connectivity index (χ4v) is 3.96. The summed E-state index contributed by atoms with van der Waals surface area (Å²) in [6.07, 6.45) is 3.29. The molecule has 1 aliphatic heterocycles. The van der Waals surface area contributed by atoms with Crippen molar-refractivity contribution in [2.24, 2.45) is 7.05 Å². The van der Waals surface area contributed by atoms with Crippen LogP contribution in [0.3, 0.4) is 0 Å². The summed E-state index contributed by atoms with van der Waals surface area (Å²) >= 11 is 0. The van der Waals surface area contributed by atoms with E-state index in [9.17, 15) is 0 Å². The van der Waals surface area contributed by atoms with Crippen molar-refractivity contribution >= 4 is 0 Å². The molecule has 0 amide bonds. The fourth-order valence-electron chi connectivity index (χ4n) is 3.96. The molecule has 0 spiro atoms. The number of aromatic nitrogens is 2. The summed E-state index contributed by atoms with van der Waals surface area (Å²) in [6.45, 7) is 6.93. The number of morpholine rings is 1. The fraction of sp³-hybridized carbons (Fsp3) is 0.400. The zero-order valence-electron chi connectivity index (χ0n) is 18.5. The summed E-state index contributed by atoms with van der Waals surface area (Å²) in [5.41, 5.74) is 3.39. The molecule has 31 heavy (non-hydrogen) atoms. The minimum Gasteiger partial charge on any atom is -0.457 e. The van der Waals surface area contributed by atoms with E-state index in [4.69, 9.17) is 14.6 Å². The Morgan fingerprint density at radius 3 is 2.45 bits per heavy atom. The van der Waals surface area contributed by atoms with Gasteiger partial charge >= 0.3 is 0 Å². The molecular formula is C25H32N4O2. The van der Waals surface area contributed by atoms with Gasteiger partial charge in [0.05, 0.1) is 18.9 Å². The smallest absolute Gasteiger partial charge is 0.127 e. The molecule has 6 heteroatoms. The van der Waals surface area contributed by atoms with Crippen LogP contribution < -0.4 is 4.74 Å². The van der Waals surface area contributed by atoms with E-state index in [1.807, 2.05) is 54.2 Å². The lowest BCUT2D eigenvalue weighted by atomic mass is 10.1. The Kier molecular flexibility index (Phi) is 7.35. The first-order chi connectivity index (χ1) is 15.2. The van der Waals surface area contributed by atoms with Crippen molar-refractivity contribution < 1.29 is 9.47 Å². The first-order valence-electron chi connectivity index (χ1n) is 11.0. The van der Waals surface area contributed by atoms with Crippen molar-refractivity contribution in [3.05, 3.63) is 66.4 Å². The molecule has 1 fully saturated rings. The van der Waals surface area contributed by atoms with Gasteiger partial charge in [0.25, 0.3) is 0 Å². The molecular weight excluding hydrogens is 388 g/mol. The van der Waals surface area contributed by atoms with Gasteiger partial charge in [0, 0.05) is 44.0 Å². The number of benzene rings is 2. The van der Waals surface area contributed by atoms with Gasteiger partial charge in [-0.1, -0.05) is 18.2 Å². The van der Waals surface area contributed by atoms with Crippen LogP contribution in [0.25, 0.3) is 11.3 Å². The summed E-state index contributed by atoms with van der Waals surface area (Å²) in [6, 6.07) is 18.0. The van der Waals surface area contributed by atoms with Crippen molar-refractivity contribution in [1.29, 1.82) is 0 Å². The summed E-state index contributed by atoms with van der Waals surface area (Å²) in [5.74, 6) is 1.67. The number of ether oxygens (including phenoxy) is 2. The Morgan fingerprint density at radius 1 is 1.00 bits per heavy atom. The van der Waals surface area contributed by atoms with Gasteiger partial charge in [0.1, 0.15) is 11.5 Å². The van der Waals surface area contributed by atoms with Crippen LogP contribution in [0.5, 0.6) is 11.5 Å². The number of nitrogens with zero attached hydrogens (tertiary/aromatic N) is 4. The van der Waals surface area contributed by atoms with E-state index >= 15 is 0 Å². The molecule has 6 nitrogen and oxygen atoms in total. The highest BCUT2D eigenvalue weighted by Gasteiger charge is 2.14. The van der Waals surface area contributed by atoms with Gasteiger partial charge < -0.3 is 14.4 Å². The van der Waals surface area contributed by atoms with Crippen LogP contribution >= 0.6 is 0 Å². The first kappa shape index (κ1) is 21.6. The summed E-state index contributed by atoms with van der Waals surface area (Å²) in [7, 11) is 4.17. The third-order valence-corrected chi connectivity index (χ3v) is 5.57. The summed E-state index contributed by atoms with van der Waals surface area (Å²) in [5, 5.41) is 4.73. The second-order valence-corrected chi connectivity index (χ2v) is 8.16. The van der Waals surface area contributed by atoms with Crippen LogP contribution in [0.2, 0.25) is 0 Å². The largest absolute Gasteiger partial charge is 0.457 e. The lowest BCUT2D eigenvalue weighted by Crippen LogP contribution is -2.37. The van der Waals surface area contributed by atoms with E-state index in [0.29, 0.717) is 0 Å². The van der Waals surface area contributed by atoms with E-state index in [0.717, 1.165) is 75.1 Å². The molecule has 1 saturated heterocycles. The standard InChI is InChI=1S/C25H32N4O2/c1-27(13-6-14-29-15-17-30-18-16-29)19-22-20-28(2)26-25(22)21-9-11-24(12-10-21)31-23-7-4-3-5-8-23/h3-5,7-12,20H,6,13-19H2,1-2H3. The van der Waals surface area contributed by atoms with Gasteiger partial charge in [-0.25, -0.2) is 0 Å². The van der Waals surface area contributed by atoms with E-state index in [2.05, 4.69) is 35.2 Å². The molecule has 0 bridgehead atoms. The molecule has 2 heterocycles. The average Bonchev–Trinajstić information content (AvgIpc) is 3.15. The van der Waals surface area contributed by atoms with Crippen molar-refractivity contribution in [2.45, 2.75) is 13.0 Å². The molecule has 0 saturated carbocycles. The van der Waals surface area contributed by atoms with Crippen LogP contribution in [0.15, 0.2) is 60.8 Å². The maximum atomic E-state index is 5.92. The Balaban J connectivity index is 1.35. The topological polar surface area (TPSA) is 42.8 Å². The lowest BCUT2D eigenvalue weighted by Gasteiger charge is -2.27. The maximum absolute atomic E-state index is 5.92. The molecule has 0 radical (unpaired) electrons. The maximum Gasteiger partial charge on any atom is 0.127 e. The zero-order chi connectivity index (χ0) is 21.5. The second kappa shape index (κ2) is 10.6. The van der Waals surface area contributed by atoms with E-state index < -0.39 is 0 Å². The molecule has 0 N–H and O–H groups in total. The SMILES string of the molecule is CN(CCCN1CCOCC1)Cc1cn(C)nc1-c1ccc(Oc2ccccc2)cc1. The third kappa shape index (κ3) is 6.17. The summed E-state index contributed by atoms with van der Waals surface area (Å²) < 4.78 is 13.3. The van der Waals surface area contributed by atoms with E-state index in [1.54, 1.807) is 0 Å². The minimum absolute atomic E-state index is 0.827. The van der Waals surface area contributed by atoms with Crippen molar-refractivity contribution in [3.8, 4) is 22.8 Å². The molecule has 164 valence electrons. The van der Waals surface area contributed by atoms with Gasteiger partial charge in [-0.15, -0.1) is 0 Å². The molecule has 0 aliphatic carbocycles. The molecule has 1 aliphatic rings. The number of hydrogen-bond acceptors (Lipinski definition) is 5. The normalized spacial score (nSPS) is 14.8. The molecule has 4 rings (SSSR count). The number of rotatable bonds is 9. The Morgan fingerprint density at radius 2 is 1.71 bits per heavy atom. The van der Waals surface area contributed by atoms with Crippen LogP contribution in [-0.4, -0.2) is 66.0 Å². The molecule has 2 aromatic carbocycles. The Bertz CT molecular complexity index is 934. The first-order valence-corrected chi connectivity index (χ1v) is 11.0. The highest BCUT2D eigenvalue weighted by atomic mass is 16.5. The molecule has 3 aromatic rings. The van der Waals surface area contributed by atoms with Crippen LogP contribution in [0.1, 0.15) is 12.0 Å². The third-order valence-electron chi connectivity index (χ3n) is 5.57. The van der Waals surface area contributed by atoms with Gasteiger partial charge in [-0.05, 0) is 63.0 Å². The minimum atomic E-state index is 0.827. The van der Waals surface area contributed by atoms with E-state index in [-0.39, 0.29) is 0 Å². The molecule has 1 aromatic heterocycles. The monoisotopic (exact) mass is 420 g/mol. The van der Waals surface area contributed by atoms with Gasteiger partial charge in [-0.2, -0.15) is 5.10 Å². The Hall–Kier alpha value is -2.67. The second-order valence-electron chi connectivity index (χ2n) is 8.16. The van der Waals surface area contributed by atoms with Crippen LogP contribution in [0, 0.1) is 0 Å². The van der Waals surface area contributed by atoms with Crippen LogP contribution in [-0.2, 0) is 18.3 Å². The number of aryl methyl sites for hydroxylation is 1. The predicted molar refractivity (Wildman–Crippen MR) is 123 cm³/mol. The number of para-hydroxylation sites is 1. The predicted octanol–water partition coefficient (Wildman–Crippen LogP) is 4.03. The van der Waals surface area contributed by atoms with Crippen molar-refractivity contribution in [3.63, 3.8) is 0 Å². The van der Waals surface area contributed by atoms with Crippen LogP contribution in [0.4, 0.5) is 0 Å². The van der Waals surface area contributed by atoms with Crippen molar-refractivity contribution in [1.82, 2.24) is 19.6 Å². The highest BCUT2D eigenvalue weighted by molar-refractivity contribution is 5.63. The zero-order valence-corrected chi connectivity index (χ0v) is 18.5. The number of hydrogen-bond donors (Lipinski definition) is 0. The molecule has 0 unspecified atom stereocenters.